The van der Waals surface area contributed by atoms with Gasteiger partial charge in [-0.25, -0.2) is 0 Å². The number of rotatable bonds is 3. The molecule has 0 atom stereocenters. The summed E-state index contributed by atoms with van der Waals surface area (Å²) in [6.45, 7) is 3.23. The number of anilines is 2. The zero-order valence-corrected chi connectivity index (χ0v) is 10.1. The van der Waals surface area contributed by atoms with E-state index < -0.39 is 0 Å². The summed E-state index contributed by atoms with van der Waals surface area (Å²) >= 11 is 0. The standard InChI is InChI=1S/C14H22N2/c1-11-9-13(15)7-8-14(11)16-10-12-5-3-2-4-6-12/h7-9,12,16H,2-6,10,15H2,1H3. The molecule has 1 saturated carbocycles. The van der Waals surface area contributed by atoms with Crippen LogP contribution in [0.15, 0.2) is 18.2 Å². The first-order valence-electron chi connectivity index (χ1n) is 6.36. The van der Waals surface area contributed by atoms with E-state index in [-0.39, 0.29) is 0 Å². The van der Waals surface area contributed by atoms with Crippen LogP contribution in [0, 0.1) is 12.8 Å². The molecule has 1 aromatic rings. The Kier molecular flexibility index (Phi) is 3.70. The summed E-state index contributed by atoms with van der Waals surface area (Å²) in [5, 5.41) is 3.55. The summed E-state index contributed by atoms with van der Waals surface area (Å²) in [4.78, 5) is 0. The SMILES string of the molecule is Cc1cc(N)ccc1NCC1CCCCC1. The van der Waals surface area contributed by atoms with Crippen molar-refractivity contribution in [1.29, 1.82) is 0 Å². The Morgan fingerprint density at radius 2 is 2.00 bits per heavy atom. The quantitative estimate of drug-likeness (QED) is 0.761. The van der Waals surface area contributed by atoms with E-state index in [1.807, 2.05) is 12.1 Å². The molecule has 1 aliphatic carbocycles. The van der Waals surface area contributed by atoms with E-state index in [9.17, 15) is 0 Å². The first kappa shape index (κ1) is 11.3. The summed E-state index contributed by atoms with van der Waals surface area (Å²) < 4.78 is 0. The van der Waals surface area contributed by atoms with Gasteiger partial charge in [0.05, 0.1) is 0 Å². The molecule has 0 unspecified atom stereocenters. The van der Waals surface area contributed by atoms with Crippen molar-refractivity contribution in [2.45, 2.75) is 39.0 Å². The topological polar surface area (TPSA) is 38.0 Å². The van der Waals surface area contributed by atoms with Crippen LogP contribution in [0.2, 0.25) is 0 Å². The molecule has 2 rings (SSSR count). The second-order valence-corrected chi connectivity index (χ2v) is 4.96. The minimum absolute atomic E-state index is 0.848. The van der Waals surface area contributed by atoms with Crippen LogP contribution in [-0.2, 0) is 0 Å². The van der Waals surface area contributed by atoms with Crippen molar-refractivity contribution in [2.24, 2.45) is 5.92 Å². The van der Waals surface area contributed by atoms with Crippen LogP contribution >= 0.6 is 0 Å². The lowest BCUT2D eigenvalue weighted by Crippen LogP contribution is -2.17. The molecule has 1 aromatic carbocycles. The van der Waals surface area contributed by atoms with Crippen LogP contribution in [0.4, 0.5) is 11.4 Å². The Bertz CT molecular complexity index is 341. The summed E-state index contributed by atoms with van der Waals surface area (Å²) in [6.07, 6.45) is 7.03. The molecule has 2 heteroatoms. The van der Waals surface area contributed by atoms with Gasteiger partial charge in [-0.15, -0.1) is 0 Å². The molecular weight excluding hydrogens is 196 g/mol. The molecule has 0 aliphatic heterocycles. The van der Waals surface area contributed by atoms with Crippen LogP contribution in [-0.4, -0.2) is 6.54 Å². The third kappa shape index (κ3) is 2.91. The Labute approximate surface area is 98.2 Å². The third-order valence-corrected chi connectivity index (χ3v) is 3.56. The van der Waals surface area contributed by atoms with Crippen LogP contribution in [0.3, 0.4) is 0 Å². The maximum absolute atomic E-state index is 5.74. The van der Waals surface area contributed by atoms with E-state index in [2.05, 4.69) is 18.3 Å². The van der Waals surface area contributed by atoms with E-state index >= 15 is 0 Å². The van der Waals surface area contributed by atoms with Gasteiger partial charge < -0.3 is 11.1 Å². The van der Waals surface area contributed by atoms with Gasteiger partial charge in [0.2, 0.25) is 0 Å². The third-order valence-electron chi connectivity index (χ3n) is 3.56. The molecule has 0 bridgehead atoms. The van der Waals surface area contributed by atoms with Crippen molar-refractivity contribution in [3.8, 4) is 0 Å². The zero-order chi connectivity index (χ0) is 11.4. The highest BCUT2D eigenvalue weighted by atomic mass is 14.9. The smallest absolute Gasteiger partial charge is 0.0371 e. The molecule has 0 aromatic heterocycles. The van der Waals surface area contributed by atoms with Gasteiger partial charge in [-0.3, -0.25) is 0 Å². The maximum atomic E-state index is 5.74. The maximum Gasteiger partial charge on any atom is 0.0371 e. The van der Waals surface area contributed by atoms with Crippen molar-refractivity contribution >= 4 is 11.4 Å². The second kappa shape index (κ2) is 5.24. The van der Waals surface area contributed by atoms with Gasteiger partial charge >= 0.3 is 0 Å². The Morgan fingerprint density at radius 3 is 2.69 bits per heavy atom. The van der Waals surface area contributed by atoms with Gasteiger partial charge in [0, 0.05) is 17.9 Å². The van der Waals surface area contributed by atoms with E-state index in [0.717, 1.165) is 18.2 Å². The molecule has 3 N–H and O–H groups in total. The van der Waals surface area contributed by atoms with E-state index in [1.54, 1.807) is 0 Å². The van der Waals surface area contributed by atoms with Crippen LogP contribution in [0.25, 0.3) is 0 Å². The summed E-state index contributed by atoms with van der Waals surface area (Å²) in [5.74, 6) is 0.866. The summed E-state index contributed by atoms with van der Waals surface area (Å²) in [5.41, 5.74) is 9.07. The van der Waals surface area contributed by atoms with Crippen LogP contribution < -0.4 is 11.1 Å². The van der Waals surface area contributed by atoms with Crippen molar-refractivity contribution in [3.63, 3.8) is 0 Å². The predicted octanol–water partition coefficient (Wildman–Crippen LogP) is 3.57. The lowest BCUT2D eigenvalue weighted by Gasteiger charge is -2.22. The summed E-state index contributed by atoms with van der Waals surface area (Å²) in [7, 11) is 0. The lowest BCUT2D eigenvalue weighted by molar-refractivity contribution is 0.373. The van der Waals surface area contributed by atoms with Crippen molar-refractivity contribution in [2.75, 3.05) is 17.6 Å². The number of hydrogen-bond acceptors (Lipinski definition) is 2. The van der Waals surface area contributed by atoms with Crippen molar-refractivity contribution in [1.82, 2.24) is 0 Å². The van der Waals surface area contributed by atoms with E-state index in [4.69, 9.17) is 5.73 Å². The first-order valence-corrected chi connectivity index (χ1v) is 6.36. The highest BCUT2D eigenvalue weighted by molar-refractivity contribution is 5.57. The largest absolute Gasteiger partial charge is 0.399 e. The van der Waals surface area contributed by atoms with Crippen LogP contribution in [0.5, 0.6) is 0 Å². The molecule has 1 fully saturated rings. The first-order chi connectivity index (χ1) is 7.75. The van der Waals surface area contributed by atoms with Gasteiger partial charge in [0.15, 0.2) is 0 Å². The zero-order valence-electron chi connectivity index (χ0n) is 10.1. The van der Waals surface area contributed by atoms with Crippen LogP contribution in [0.1, 0.15) is 37.7 Å². The molecule has 88 valence electrons. The Hall–Kier alpha value is -1.18. The second-order valence-electron chi connectivity index (χ2n) is 4.96. The molecule has 0 radical (unpaired) electrons. The number of nitrogens with one attached hydrogen (secondary N) is 1. The Balaban J connectivity index is 1.88. The minimum Gasteiger partial charge on any atom is -0.399 e. The number of benzene rings is 1. The predicted molar refractivity (Wildman–Crippen MR) is 70.7 cm³/mol. The molecule has 0 saturated heterocycles. The van der Waals surface area contributed by atoms with Gasteiger partial charge in [0.1, 0.15) is 0 Å². The highest BCUT2D eigenvalue weighted by Gasteiger charge is 2.13. The summed E-state index contributed by atoms with van der Waals surface area (Å²) in [6, 6.07) is 6.09. The van der Waals surface area contributed by atoms with E-state index in [1.165, 1.54) is 43.4 Å². The molecule has 2 nitrogen and oxygen atoms in total. The van der Waals surface area contributed by atoms with E-state index in [0.29, 0.717) is 0 Å². The fourth-order valence-corrected chi connectivity index (χ4v) is 2.53. The minimum atomic E-state index is 0.848. The molecule has 0 heterocycles. The van der Waals surface area contributed by atoms with Gasteiger partial charge in [-0.1, -0.05) is 19.3 Å². The van der Waals surface area contributed by atoms with Gasteiger partial charge in [-0.05, 0) is 49.4 Å². The number of nitrogens with two attached hydrogens (primary N) is 1. The average molecular weight is 218 g/mol. The lowest BCUT2D eigenvalue weighted by atomic mass is 9.89. The van der Waals surface area contributed by atoms with Crippen molar-refractivity contribution in [3.05, 3.63) is 23.8 Å². The molecule has 1 aliphatic rings. The fraction of sp³-hybridized carbons (Fsp3) is 0.571. The number of aryl methyl sites for hydroxylation is 1. The highest BCUT2D eigenvalue weighted by Crippen LogP contribution is 2.25. The normalized spacial score (nSPS) is 17.3. The Morgan fingerprint density at radius 1 is 1.25 bits per heavy atom. The van der Waals surface area contributed by atoms with Crippen molar-refractivity contribution < 1.29 is 0 Å². The number of nitrogen functional groups attached to an aromatic ring is 1. The molecular formula is C14H22N2. The monoisotopic (exact) mass is 218 g/mol. The number of hydrogen-bond donors (Lipinski definition) is 2. The average Bonchev–Trinajstić information content (AvgIpc) is 2.29. The molecule has 16 heavy (non-hydrogen) atoms. The van der Waals surface area contributed by atoms with Gasteiger partial charge in [0.25, 0.3) is 0 Å². The molecule has 0 spiro atoms. The van der Waals surface area contributed by atoms with Gasteiger partial charge in [-0.2, -0.15) is 0 Å². The molecule has 0 amide bonds. The fourth-order valence-electron chi connectivity index (χ4n) is 2.53.